The largest absolute Gasteiger partial charge is 0.497 e. The van der Waals surface area contributed by atoms with Gasteiger partial charge in [0.25, 0.3) is 0 Å². The molecule has 1 saturated heterocycles. The lowest BCUT2D eigenvalue weighted by molar-refractivity contribution is -0.118. The summed E-state index contributed by atoms with van der Waals surface area (Å²) in [5, 5.41) is 6.17. The van der Waals surface area contributed by atoms with Crippen LogP contribution in [0.5, 0.6) is 0 Å². The molecule has 2 unspecified atom stereocenters. The Morgan fingerprint density at radius 2 is 2.28 bits per heavy atom. The first kappa shape index (κ1) is 17.1. The number of ether oxygens (including phenoxy) is 2. The number of hydrogen-bond donors (Lipinski definition) is 2. The van der Waals surface area contributed by atoms with Crippen LogP contribution in [0.1, 0.15) is 18.1 Å². The molecule has 1 aromatic carbocycles. The summed E-state index contributed by atoms with van der Waals surface area (Å²) in [7, 11) is 1.57. The smallest absolute Gasteiger partial charge is 0.249 e. The first-order valence-electron chi connectivity index (χ1n) is 8.31. The maximum Gasteiger partial charge on any atom is 0.249 e. The summed E-state index contributed by atoms with van der Waals surface area (Å²) < 4.78 is 10.8. The first-order chi connectivity index (χ1) is 12.0. The topological polar surface area (TPSA) is 72.0 Å². The van der Waals surface area contributed by atoms with Crippen LogP contribution in [0.3, 0.4) is 0 Å². The Hall–Kier alpha value is -2.76. The van der Waals surface area contributed by atoms with Crippen molar-refractivity contribution in [3.05, 3.63) is 47.7 Å². The second-order valence-electron chi connectivity index (χ2n) is 6.23. The Balaban J connectivity index is 1.79. The summed E-state index contributed by atoms with van der Waals surface area (Å²) in [6, 6.07) is 5.21. The van der Waals surface area contributed by atoms with Crippen molar-refractivity contribution in [3.8, 4) is 0 Å². The van der Waals surface area contributed by atoms with Gasteiger partial charge in [0.1, 0.15) is 18.4 Å². The zero-order valence-electron chi connectivity index (χ0n) is 14.8. The van der Waals surface area contributed by atoms with Crippen molar-refractivity contribution in [1.29, 1.82) is 0 Å². The molecule has 25 heavy (non-hydrogen) atoms. The third-order valence-electron chi connectivity index (χ3n) is 4.40. The molecule has 0 bridgehead atoms. The SMILES string of the molecule is C=C(OC)c1ccc(C)c(NC(=O)C2N=C3NCCOC3=CC2C)c1. The minimum atomic E-state index is -0.498. The highest BCUT2D eigenvalue weighted by Gasteiger charge is 2.31. The highest BCUT2D eigenvalue weighted by Crippen LogP contribution is 2.25. The molecular formula is C19H23N3O3. The lowest BCUT2D eigenvalue weighted by atomic mass is 9.97. The molecule has 1 amide bonds. The molecule has 0 spiro atoms. The summed E-state index contributed by atoms with van der Waals surface area (Å²) in [6.07, 6.45) is 1.95. The van der Waals surface area contributed by atoms with Crippen molar-refractivity contribution in [2.24, 2.45) is 10.9 Å². The maximum atomic E-state index is 12.8. The molecule has 2 aliphatic heterocycles. The Morgan fingerprint density at radius 1 is 1.48 bits per heavy atom. The van der Waals surface area contributed by atoms with Crippen LogP contribution in [0, 0.1) is 12.8 Å². The zero-order valence-corrected chi connectivity index (χ0v) is 14.8. The van der Waals surface area contributed by atoms with Crippen molar-refractivity contribution >= 4 is 23.2 Å². The van der Waals surface area contributed by atoms with E-state index in [0.29, 0.717) is 24.7 Å². The number of amidine groups is 1. The number of rotatable bonds is 4. The van der Waals surface area contributed by atoms with Crippen LogP contribution >= 0.6 is 0 Å². The predicted molar refractivity (Wildman–Crippen MR) is 98.3 cm³/mol. The molecule has 6 heteroatoms. The van der Waals surface area contributed by atoms with E-state index in [4.69, 9.17) is 9.47 Å². The summed E-state index contributed by atoms with van der Waals surface area (Å²) >= 11 is 0. The predicted octanol–water partition coefficient (Wildman–Crippen LogP) is 2.47. The van der Waals surface area contributed by atoms with Gasteiger partial charge in [0, 0.05) is 17.2 Å². The van der Waals surface area contributed by atoms with Crippen molar-refractivity contribution in [3.63, 3.8) is 0 Å². The van der Waals surface area contributed by atoms with Gasteiger partial charge in [-0.1, -0.05) is 25.6 Å². The van der Waals surface area contributed by atoms with Gasteiger partial charge in [-0.2, -0.15) is 0 Å². The summed E-state index contributed by atoms with van der Waals surface area (Å²) in [6.45, 7) is 9.07. The van der Waals surface area contributed by atoms with E-state index in [1.54, 1.807) is 7.11 Å². The number of nitrogens with one attached hydrogen (secondary N) is 2. The molecule has 2 atom stereocenters. The Bertz CT molecular complexity index is 767. The van der Waals surface area contributed by atoms with E-state index in [9.17, 15) is 4.79 Å². The number of methoxy groups -OCH3 is 1. The average Bonchev–Trinajstić information content (AvgIpc) is 2.62. The van der Waals surface area contributed by atoms with Gasteiger partial charge in [-0.25, -0.2) is 0 Å². The van der Waals surface area contributed by atoms with Crippen molar-refractivity contribution < 1.29 is 14.3 Å². The minimum Gasteiger partial charge on any atom is -0.497 e. The van der Waals surface area contributed by atoms with E-state index < -0.39 is 6.04 Å². The lowest BCUT2D eigenvalue weighted by Crippen LogP contribution is -2.43. The standard InChI is InChI=1S/C19H23N3O3/c1-11-5-6-14(13(3)24-4)10-15(11)21-19(23)17-12(2)9-16-18(22-17)20-7-8-25-16/h5-6,9-10,12,17H,3,7-8H2,1-2,4H3,(H,20,22)(H,21,23). The summed E-state index contributed by atoms with van der Waals surface area (Å²) in [5.74, 6) is 1.75. The molecule has 0 aliphatic carbocycles. The van der Waals surface area contributed by atoms with E-state index in [-0.39, 0.29) is 11.8 Å². The van der Waals surface area contributed by atoms with Gasteiger partial charge in [-0.05, 0) is 24.6 Å². The maximum absolute atomic E-state index is 12.8. The molecule has 1 aromatic rings. The number of fused-ring (bicyclic) bond motifs is 1. The Labute approximate surface area is 147 Å². The monoisotopic (exact) mass is 341 g/mol. The number of dihydropyridines is 1. The molecule has 132 valence electrons. The van der Waals surface area contributed by atoms with Gasteiger partial charge in [-0.3, -0.25) is 9.79 Å². The van der Waals surface area contributed by atoms with Crippen LogP contribution in [0.15, 0.2) is 41.6 Å². The van der Waals surface area contributed by atoms with Crippen molar-refractivity contribution in [2.45, 2.75) is 19.9 Å². The van der Waals surface area contributed by atoms with Gasteiger partial charge in [0.2, 0.25) is 5.91 Å². The zero-order chi connectivity index (χ0) is 18.0. The molecule has 2 N–H and O–H groups in total. The number of amides is 1. The minimum absolute atomic E-state index is 0.0453. The molecule has 0 saturated carbocycles. The number of morpholine rings is 1. The van der Waals surface area contributed by atoms with Gasteiger partial charge >= 0.3 is 0 Å². The molecule has 2 aliphatic rings. The molecule has 6 nitrogen and oxygen atoms in total. The Morgan fingerprint density at radius 3 is 3.04 bits per heavy atom. The number of aryl methyl sites for hydroxylation is 1. The number of carbonyl (C=O) groups is 1. The fraction of sp³-hybridized carbons (Fsp3) is 0.368. The van der Waals surface area contributed by atoms with E-state index in [0.717, 1.165) is 22.6 Å². The number of aliphatic imine (C=N–C) groups is 1. The molecule has 1 fully saturated rings. The molecule has 2 heterocycles. The van der Waals surface area contributed by atoms with Gasteiger partial charge in [-0.15, -0.1) is 0 Å². The van der Waals surface area contributed by atoms with E-state index in [1.165, 1.54) is 0 Å². The normalized spacial score (nSPS) is 21.7. The van der Waals surface area contributed by atoms with Crippen LogP contribution in [-0.4, -0.2) is 38.0 Å². The number of carbonyl (C=O) groups excluding carboxylic acids is 1. The van der Waals surface area contributed by atoms with E-state index in [1.807, 2.05) is 38.1 Å². The van der Waals surface area contributed by atoms with Crippen LogP contribution in [0.25, 0.3) is 5.76 Å². The third-order valence-corrected chi connectivity index (χ3v) is 4.40. The van der Waals surface area contributed by atoms with Crippen LogP contribution in [-0.2, 0) is 14.3 Å². The van der Waals surface area contributed by atoms with Gasteiger partial charge in [0.05, 0.1) is 13.7 Å². The number of hydrogen-bond acceptors (Lipinski definition) is 5. The number of anilines is 1. The van der Waals surface area contributed by atoms with Gasteiger partial charge < -0.3 is 20.1 Å². The molecule has 0 radical (unpaired) electrons. The molecule has 3 rings (SSSR count). The van der Waals surface area contributed by atoms with Crippen LogP contribution < -0.4 is 10.6 Å². The quantitative estimate of drug-likeness (QED) is 0.825. The lowest BCUT2D eigenvalue weighted by Gasteiger charge is -2.29. The fourth-order valence-electron chi connectivity index (χ4n) is 2.86. The summed E-state index contributed by atoms with van der Waals surface area (Å²) in [5.41, 5.74) is 2.53. The second kappa shape index (κ2) is 7.01. The van der Waals surface area contributed by atoms with Crippen molar-refractivity contribution in [2.75, 3.05) is 25.6 Å². The highest BCUT2D eigenvalue weighted by molar-refractivity contribution is 6.03. The second-order valence-corrected chi connectivity index (χ2v) is 6.23. The molecule has 0 aromatic heterocycles. The fourth-order valence-corrected chi connectivity index (χ4v) is 2.86. The third kappa shape index (κ3) is 3.52. The van der Waals surface area contributed by atoms with Crippen LogP contribution in [0.2, 0.25) is 0 Å². The number of nitrogens with zero attached hydrogens (tertiary/aromatic N) is 1. The van der Waals surface area contributed by atoms with Crippen LogP contribution in [0.4, 0.5) is 5.69 Å². The number of benzene rings is 1. The molecular weight excluding hydrogens is 318 g/mol. The summed E-state index contributed by atoms with van der Waals surface area (Å²) in [4.78, 5) is 17.3. The van der Waals surface area contributed by atoms with Crippen molar-refractivity contribution in [1.82, 2.24) is 5.32 Å². The van der Waals surface area contributed by atoms with E-state index in [2.05, 4.69) is 22.2 Å². The van der Waals surface area contributed by atoms with Gasteiger partial charge in [0.15, 0.2) is 11.6 Å². The van der Waals surface area contributed by atoms with E-state index >= 15 is 0 Å². The highest BCUT2D eigenvalue weighted by atomic mass is 16.5. The Kier molecular flexibility index (Phi) is 4.79. The average molecular weight is 341 g/mol. The first-order valence-corrected chi connectivity index (χ1v) is 8.31.